The fourth-order valence-corrected chi connectivity index (χ4v) is 3.77. The van der Waals surface area contributed by atoms with Crippen LogP contribution in [0.25, 0.3) is 0 Å². The predicted octanol–water partition coefficient (Wildman–Crippen LogP) is 2.19. The topological polar surface area (TPSA) is 186 Å². The Morgan fingerprint density at radius 1 is 1.11 bits per heavy atom. The first-order chi connectivity index (χ1) is 16.7. The maximum Gasteiger partial charge on any atom is 0.355 e. The Bertz CT molecular complexity index is 1340. The van der Waals surface area contributed by atoms with Crippen LogP contribution in [-0.2, 0) is 19.1 Å². The number of rotatable bonds is 6. The summed E-state index contributed by atoms with van der Waals surface area (Å²) in [5, 5.41) is 30.9. The highest BCUT2D eigenvalue weighted by molar-refractivity contribution is 6.08. The van der Waals surface area contributed by atoms with E-state index in [1.54, 1.807) is 30.3 Å². The van der Waals surface area contributed by atoms with Gasteiger partial charge in [0.05, 0.1) is 53.5 Å². The average Bonchev–Trinajstić information content (AvgIpc) is 2.86. The van der Waals surface area contributed by atoms with Gasteiger partial charge in [0.15, 0.2) is 0 Å². The SMILES string of the molecule is COC(=O)C1=C(C(=O)OC)N(c2ccc([N+](=O)[O-])cc2C(=O)O)C(N)=C(C#N)C1c1ccccc1. The molecule has 0 saturated carbocycles. The molecule has 2 aromatic carbocycles. The van der Waals surface area contributed by atoms with Crippen LogP contribution in [0.15, 0.2) is 71.2 Å². The molecule has 1 aliphatic rings. The number of nitro groups is 1. The van der Waals surface area contributed by atoms with Crippen LogP contribution >= 0.6 is 0 Å². The van der Waals surface area contributed by atoms with E-state index in [1.807, 2.05) is 6.07 Å². The van der Waals surface area contributed by atoms with Gasteiger partial charge in [-0.25, -0.2) is 14.4 Å². The molecule has 12 nitrogen and oxygen atoms in total. The molecule has 0 spiro atoms. The largest absolute Gasteiger partial charge is 0.478 e. The van der Waals surface area contributed by atoms with Crippen molar-refractivity contribution in [3.8, 4) is 6.07 Å². The second kappa shape index (κ2) is 9.75. The summed E-state index contributed by atoms with van der Waals surface area (Å²) in [6.45, 7) is 0. The molecule has 1 heterocycles. The number of aromatic carboxylic acids is 1. The Kier molecular flexibility index (Phi) is 6.82. The number of carbonyl (C=O) groups excluding carboxylic acids is 2. The van der Waals surface area contributed by atoms with Crippen molar-refractivity contribution in [2.24, 2.45) is 5.73 Å². The van der Waals surface area contributed by atoms with Crippen LogP contribution in [0.1, 0.15) is 21.8 Å². The molecule has 12 heteroatoms. The van der Waals surface area contributed by atoms with Crippen LogP contribution in [0.2, 0.25) is 0 Å². The van der Waals surface area contributed by atoms with Crippen molar-refractivity contribution in [3.63, 3.8) is 0 Å². The highest BCUT2D eigenvalue weighted by Gasteiger charge is 2.44. The van der Waals surface area contributed by atoms with Crippen molar-refractivity contribution in [2.45, 2.75) is 5.92 Å². The minimum Gasteiger partial charge on any atom is -0.478 e. The lowest BCUT2D eigenvalue weighted by Gasteiger charge is -2.36. The number of carbonyl (C=O) groups is 3. The van der Waals surface area contributed by atoms with E-state index < -0.39 is 45.7 Å². The van der Waals surface area contributed by atoms with Crippen LogP contribution < -0.4 is 10.6 Å². The summed E-state index contributed by atoms with van der Waals surface area (Å²) in [7, 11) is 2.10. The van der Waals surface area contributed by atoms with E-state index in [-0.39, 0.29) is 22.7 Å². The highest BCUT2D eigenvalue weighted by Crippen LogP contribution is 2.44. The van der Waals surface area contributed by atoms with Crippen molar-refractivity contribution in [1.82, 2.24) is 0 Å². The molecule has 0 amide bonds. The number of hydrogen-bond acceptors (Lipinski definition) is 10. The molecule has 0 radical (unpaired) electrons. The second-order valence-electron chi connectivity index (χ2n) is 7.10. The molecule has 0 aromatic heterocycles. The van der Waals surface area contributed by atoms with Crippen molar-refractivity contribution in [3.05, 3.63) is 92.4 Å². The molecule has 1 atom stereocenters. The van der Waals surface area contributed by atoms with Gasteiger partial charge >= 0.3 is 17.9 Å². The molecule has 178 valence electrons. The Labute approximate surface area is 198 Å². The molecule has 1 aliphatic heterocycles. The molecule has 0 aliphatic carbocycles. The minimum absolute atomic E-state index is 0.182. The standard InChI is InChI=1S/C23H18N4O8/c1-34-22(30)18-17(12-6-4-3-5-7-12)15(11-24)20(25)26(19(18)23(31)35-2)16-9-8-13(27(32)33)10-14(16)21(28)29/h3-10,17H,25H2,1-2H3,(H,28,29). The number of ether oxygens (including phenoxy) is 2. The maximum absolute atomic E-state index is 13.0. The molecule has 35 heavy (non-hydrogen) atoms. The van der Waals surface area contributed by atoms with E-state index in [9.17, 15) is 34.9 Å². The number of nitro benzene ring substituents is 1. The Morgan fingerprint density at radius 3 is 2.26 bits per heavy atom. The van der Waals surface area contributed by atoms with Gasteiger partial charge in [0.2, 0.25) is 0 Å². The molecule has 3 N–H and O–H groups in total. The fraction of sp³-hybridized carbons (Fsp3) is 0.130. The first kappa shape index (κ1) is 24.5. The normalized spacial score (nSPS) is 15.3. The quantitative estimate of drug-likeness (QED) is 0.352. The van der Waals surface area contributed by atoms with Gasteiger partial charge in [-0.15, -0.1) is 0 Å². The molecule has 0 fully saturated rings. The summed E-state index contributed by atoms with van der Waals surface area (Å²) >= 11 is 0. The zero-order valence-electron chi connectivity index (χ0n) is 18.4. The average molecular weight is 478 g/mol. The number of nitriles is 1. The van der Waals surface area contributed by atoms with Crippen LogP contribution in [0.4, 0.5) is 11.4 Å². The molecular formula is C23H18N4O8. The third kappa shape index (κ3) is 4.25. The fourth-order valence-electron chi connectivity index (χ4n) is 3.77. The molecule has 1 unspecified atom stereocenters. The number of anilines is 1. The van der Waals surface area contributed by atoms with Gasteiger partial charge in [0.1, 0.15) is 11.5 Å². The highest BCUT2D eigenvalue weighted by atomic mass is 16.6. The van der Waals surface area contributed by atoms with E-state index >= 15 is 0 Å². The Morgan fingerprint density at radius 2 is 1.74 bits per heavy atom. The summed E-state index contributed by atoms with van der Waals surface area (Å²) in [5.74, 6) is -5.18. The van der Waals surface area contributed by atoms with Gasteiger partial charge in [0, 0.05) is 12.1 Å². The molecule has 2 aromatic rings. The van der Waals surface area contributed by atoms with Gasteiger partial charge in [-0.3, -0.25) is 15.0 Å². The van der Waals surface area contributed by atoms with E-state index in [0.29, 0.717) is 5.56 Å². The number of non-ortho nitro benzene ring substituents is 1. The number of nitrogens with two attached hydrogens (primary N) is 1. The number of hydrogen-bond donors (Lipinski definition) is 2. The van der Waals surface area contributed by atoms with Gasteiger partial charge in [-0.05, 0) is 11.6 Å². The lowest BCUT2D eigenvalue weighted by atomic mass is 9.80. The number of carboxylic acid groups (broad SMARTS) is 1. The van der Waals surface area contributed by atoms with Crippen molar-refractivity contribution < 1.29 is 33.9 Å². The Balaban J connectivity index is 2.48. The van der Waals surface area contributed by atoms with Crippen LogP contribution in [0, 0.1) is 21.4 Å². The second-order valence-corrected chi connectivity index (χ2v) is 7.10. The van der Waals surface area contributed by atoms with Crippen molar-refractivity contribution in [1.29, 1.82) is 5.26 Å². The third-order valence-corrected chi connectivity index (χ3v) is 5.27. The van der Waals surface area contributed by atoms with Gasteiger partial charge in [0.25, 0.3) is 5.69 Å². The van der Waals surface area contributed by atoms with E-state index in [1.165, 1.54) is 0 Å². The first-order valence-electron chi connectivity index (χ1n) is 9.85. The van der Waals surface area contributed by atoms with Gasteiger partial charge in [-0.1, -0.05) is 30.3 Å². The van der Waals surface area contributed by atoms with Crippen molar-refractivity contribution in [2.75, 3.05) is 19.1 Å². The van der Waals surface area contributed by atoms with Crippen LogP contribution in [0.3, 0.4) is 0 Å². The molecule has 3 rings (SSSR count). The van der Waals surface area contributed by atoms with Gasteiger partial charge in [-0.2, -0.15) is 5.26 Å². The van der Waals surface area contributed by atoms with E-state index in [2.05, 4.69) is 0 Å². The molecular weight excluding hydrogens is 460 g/mol. The van der Waals surface area contributed by atoms with Crippen LogP contribution in [-0.4, -0.2) is 42.2 Å². The van der Waals surface area contributed by atoms with E-state index in [0.717, 1.165) is 37.3 Å². The lowest BCUT2D eigenvalue weighted by Crippen LogP contribution is -2.41. The monoisotopic (exact) mass is 478 g/mol. The zero-order chi connectivity index (χ0) is 25.9. The number of benzene rings is 2. The van der Waals surface area contributed by atoms with Crippen molar-refractivity contribution >= 4 is 29.3 Å². The van der Waals surface area contributed by atoms with E-state index in [4.69, 9.17) is 15.2 Å². The number of carboxylic acids is 1. The predicted molar refractivity (Wildman–Crippen MR) is 120 cm³/mol. The maximum atomic E-state index is 13.0. The first-order valence-corrected chi connectivity index (χ1v) is 9.85. The molecule has 0 saturated heterocycles. The summed E-state index contributed by atoms with van der Waals surface area (Å²) in [6.07, 6.45) is 0. The number of nitrogens with zero attached hydrogens (tertiary/aromatic N) is 3. The third-order valence-electron chi connectivity index (χ3n) is 5.27. The summed E-state index contributed by atoms with van der Waals surface area (Å²) in [6, 6.07) is 13.0. The number of methoxy groups -OCH3 is 2. The van der Waals surface area contributed by atoms with Crippen LogP contribution in [0.5, 0.6) is 0 Å². The number of allylic oxidation sites excluding steroid dienone is 1. The minimum atomic E-state index is -1.58. The summed E-state index contributed by atoms with van der Waals surface area (Å²) in [5.41, 5.74) is 4.28. The smallest absolute Gasteiger partial charge is 0.355 e. The Hall–Kier alpha value is -5.18. The zero-order valence-corrected chi connectivity index (χ0v) is 18.4. The molecule has 0 bridgehead atoms. The number of esters is 2. The summed E-state index contributed by atoms with van der Waals surface area (Å²) in [4.78, 5) is 49.3. The lowest BCUT2D eigenvalue weighted by molar-refractivity contribution is -0.384. The van der Waals surface area contributed by atoms with Gasteiger partial charge < -0.3 is 20.3 Å². The summed E-state index contributed by atoms with van der Waals surface area (Å²) < 4.78 is 9.76.